The number of thioether (sulfide) groups is 1. The third kappa shape index (κ3) is 5.56. The number of amides is 2. The Morgan fingerprint density at radius 3 is 2.56 bits per heavy atom. The van der Waals surface area contributed by atoms with Crippen LogP contribution in [0.3, 0.4) is 0 Å². The van der Waals surface area contributed by atoms with Gasteiger partial charge in [0.05, 0.1) is 15.7 Å². The lowest BCUT2D eigenvalue weighted by molar-refractivity contribution is -0.384. The van der Waals surface area contributed by atoms with Gasteiger partial charge in [0, 0.05) is 36.7 Å². The number of carbonyl (C=O) groups is 2. The normalized spacial score (nSPS) is 15.9. The summed E-state index contributed by atoms with van der Waals surface area (Å²) < 4.78 is 23.3. The summed E-state index contributed by atoms with van der Waals surface area (Å²) in [5, 5.41) is 16.9. The quantitative estimate of drug-likeness (QED) is 0.332. The maximum absolute atomic E-state index is 12.7. The Bertz CT molecular complexity index is 1120. The Balaban J connectivity index is 1.57. The van der Waals surface area contributed by atoms with Gasteiger partial charge in [-0.15, -0.1) is 11.8 Å². The lowest BCUT2D eigenvalue weighted by atomic mass is 10.1. The largest absolute Gasteiger partial charge is 0.378 e. The van der Waals surface area contributed by atoms with E-state index in [1.807, 2.05) is 6.07 Å². The number of anilines is 1. The number of nitro benzene ring substituents is 1. The number of nitrogens with zero attached hydrogens (tertiary/aromatic N) is 2. The number of sulfone groups is 1. The van der Waals surface area contributed by atoms with Crippen LogP contribution < -0.4 is 10.6 Å². The molecule has 2 aromatic rings. The van der Waals surface area contributed by atoms with Crippen LogP contribution in [0.5, 0.6) is 0 Å². The predicted octanol–water partition coefficient (Wildman–Crippen LogP) is 1.74. The molecule has 1 aliphatic heterocycles. The van der Waals surface area contributed by atoms with Crippen molar-refractivity contribution in [3.8, 4) is 0 Å². The second kappa shape index (κ2) is 10.0. The molecule has 32 heavy (non-hydrogen) atoms. The van der Waals surface area contributed by atoms with Gasteiger partial charge in [-0.1, -0.05) is 18.2 Å². The highest BCUT2D eigenvalue weighted by Crippen LogP contribution is 2.27. The van der Waals surface area contributed by atoms with Crippen molar-refractivity contribution in [3.05, 3.63) is 64.2 Å². The zero-order valence-corrected chi connectivity index (χ0v) is 18.8. The minimum atomic E-state index is -3.58. The first kappa shape index (κ1) is 23.5. The standard InChI is InChI=1S/C20H22N4O6S2/c1-32(29,30)15-7-8-16(17(11-15)24(27)28)21-9-10-22-19(25)18-12-31-13-23(18)20(26)14-5-3-2-4-6-14/h2-8,11,18,21H,9-10,12-13H2,1H3,(H,22,25)/t18-/m0/s1. The van der Waals surface area contributed by atoms with Gasteiger partial charge in [0.25, 0.3) is 11.6 Å². The number of hydrogen-bond acceptors (Lipinski definition) is 8. The molecule has 2 aromatic carbocycles. The lowest BCUT2D eigenvalue weighted by Gasteiger charge is -2.23. The fourth-order valence-electron chi connectivity index (χ4n) is 3.15. The van der Waals surface area contributed by atoms with Gasteiger partial charge in [-0.2, -0.15) is 0 Å². The summed E-state index contributed by atoms with van der Waals surface area (Å²) >= 11 is 1.49. The average molecular weight is 479 g/mol. The fourth-order valence-corrected chi connectivity index (χ4v) is 4.94. The summed E-state index contributed by atoms with van der Waals surface area (Å²) in [5.41, 5.74) is 0.291. The Labute approximate surface area is 189 Å². The Kier molecular flexibility index (Phi) is 7.36. The molecule has 2 N–H and O–H groups in total. The molecule has 1 atom stereocenters. The Hall–Kier alpha value is -3.12. The summed E-state index contributed by atoms with van der Waals surface area (Å²) in [6.07, 6.45) is 0.974. The number of carbonyl (C=O) groups excluding carboxylic acids is 2. The van der Waals surface area contributed by atoms with Crippen LogP contribution in [0.15, 0.2) is 53.4 Å². The Morgan fingerprint density at radius 2 is 1.91 bits per heavy atom. The van der Waals surface area contributed by atoms with Crippen LogP contribution in [-0.4, -0.2) is 67.1 Å². The molecule has 0 spiro atoms. The van der Waals surface area contributed by atoms with E-state index in [0.29, 0.717) is 17.2 Å². The van der Waals surface area contributed by atoms with Crippen LogP contribution >= 0.6 is 11.8 Å². The van der Waals surface area contributed by atoms with E-state index >= 15 is 0 Å². The van der Waals surface area contributed by atoms with Gasteiger partial charge in [-0.05, 0) is 24.3 Å². The number of benzene rings is 2. The minimum absolute atomic E-state index is 0.147. The van der Waals surface area contributed by atoms with Crippen LogP contribution in [0, 0.1) is 10.1 Å². The van der Waals surface area contributed by atoms with E-state index in [9.17, 15) is 28.1 Å². The molecule has 1 heterocycles. The average Bonchev–Trinajstić information content (AvgIpc) is 3.26. The molecule has 0 radical (unpaired) electrons. The second-order valence-electron chi connectivity index (χ2n) is 7.08. The molecule has 12 heteroatoms. The molecular weight excluding hydrogens is 456 g/mol. The predicted molar refractivity (Wildman–Crippen MR) is 121 cm³/mol. The summed E-state index contributed by atoms with van der Waals surface area (Å²) in [4.78, 5) is 37.3. The number of nitro groups is 1. The van der Waals surface area contributed by atoms with E-state index in [1.165, 1.54) is 28.8 Å². The van der Waals surface area contributed by atoms with Crippen molar-refractivity contribution in [2.45, 2.75) is 10.9 Å². The third-order valence-corrected chi connectivity index (χ3v) is 6.92. The summed E-state index contributed by atoms with van der Waals surface area (Å²) in [7, 11) is -3.58. The molecule has 3 rings (SSSR count). The molecule has 1 fully saturated rings. The number of rotatable bonds is 8. The molecule has 1 aliphatic rings. The molecular formula is C20H22N4O6S2. The second-order valence-corrected chi connectivity index (χ2v) is 10.1. The zero-order valence-electron chi connectivity index (χ0n) is 17.2. The molecule has 1 saturated heterocycles. The molecule has 2 amide bonds. The van der Waals surface area contributed by atoms with Crippen LogP contribution in [0.25, 0.3) is 0 Å². The Morgan fingerprint density at radius 1 is 1.19 bits per heavy atom. The van der Waals surface area contributed by atoms with Gasteiger partial charge < -0.3 is 15.5 Å². The highest BCUT2D eigenvalue weighted by molar-refractivity contribution is 7.99. The van der Waals surface area contributed by atoms with Crippen molar-refractivity contribution in [2.75, 3.05) is 36.3 Å². The fraction of sp³-hybridized carbons (Fsp3) is 0.300. The van der Waals surface area contributed by atoms with E-state index in [2.05, 4.69) is 10.6 Å². The van der Waals surface area contributed by atoms with Gasteiger partial charge in [-0.3, -0.25) is 19.7 Å². The summed E-state index contributed by atoms with van der Waals surface area (Å²) in [6, 6.07) is 11.7. The van der Waals surface area contributed by atoms with E-state index in [4.69, 9.17) is 0 Å². The minimum Gasteiger partial charge on any atom is -0.378 e. The van der Waals surface area contributed by atoms with E-state index in [-0.39, 0.29) is 41.2 Å². The molecule has 0 unspecified atom stereocenters. The van der Waals surface area contributed by atoms with Crippen LogP contribution in [0.2, 0.25) is 0 Å². The zero-order chi connectivity index (χ0) is 23.3. The van der Waals surface area contributed by atoms with Crippen LogP contribution in [0.1, 0.15) is 10.4 Å². The van der Waals surface area contributed by atoms with Gasteiger partial charge >= 0.3 is 0 Å². The lowest BCUT2D eigenvalue weighted by Crippen LogP contribution is -2.48. The molecule has 0 aromatic heterocycles. The van der Waals surface area contributed by atoms with Gasteiger partial charge in [0.1, 0.15) is 11.7 Å². The molecule has 0 saturated carbocycles. The van der Waals surface area contributed by atoms with E-state index < -0.39 is 20.8 Å². The number of hydrogen-bond donors (Lipinski definition) is 2. The highest BCUT2D eigenvalue weighted by Gasteiger charge is 2.34. The maximum atomic E-state index is 12.7. The highest BCUT2D eigenvalue weighted by atomic mass is 32.2. The smallest absolute Gasteiger partial charge is 0.293 e. The van der Waals surface area contributed by atoms with Crippen molar-refractivity contribution in [2.24, 2.45) is 0 Å². The van der Waals surface area contributed by atoms with E-state index in [1.54, 1.807) is 24.3 Å². The van der Waals surface area contributed by atoms with Gasteiger partial charge in [-0.25, -0.2) is 8.42 Å². The maximum Gasteiger partial charge on any atom is 0.293 e. The molecule has 0 bridgehead atoms. The molecule has 170 valence electrons. The van der Waals surface area contributed by atoms with Crippen molar-refractivity contribution >= 4 is 44.8 Å². The number of nitrogens with one attached hydrogen (secondary N) is 2. The van der Waals surface area contributed by atoms with Gasteiger partial charge in [0.2, 0.25) is 5.91 Å². The van der Waals surface area contributed by atoms with Crippen molar-refractivity contribution < 1.29 is 22.9 Å². The summed E-state index contributed by atoms with van der Waals surface area (Å²) in [5.74, 6) is 0.387. The first-order valence-corrected chi connectivity index (χ1v) is 12.7. The summed E-state index contributed by atoms with van der Waals surface area (Å²) in [6.45, 7) is 0.343. The topological polar surface area (TPSA) is 139 Å². The first-order valence-electron chi connectivity index (χ1n) is 9.62. The van der Waals surface area contributed by atoms with Crippen LogP contribution in [0.4, 0.5) is 11.4 Å². The van der Waals surface area contributed by atoms with Crippen molar-refractivity contribution in [3.63, 3.8) is 0 Å². The first-order chi connectivity index (χ1) is 15.2. The SMILES string of the molecule is CS(=O)(=O)c1ccc(NCCNC(=O)[C@@H]2CSCN2C(=O)c2ccccc2)c([N+](=O)[O-])c1. The molecule has 10 nitrogen and oxygen atoms in total. The third-order valence-electron chi connectivity index (χ3n) is 4.80. The van der Waals surface area contributed by atoms with Crippen molar-refractivity contribution in [1.82, 2.24) is 10.2 Å². The monoisotopic (exact) mass is 478 g/mol. The van der Waals surface area contributed by atoms with E-state index in [0.717, 1.165) is 12.3 Å². The van der Waals surface area contributed by atoms with Gasteiger partial charge in [0.15, 0.2) is 9.84 Å². The van der Waals surface area contributed by atoms with Crippen molar-refractivity contribution in [1.29, 1.82) is 0 Å². The van der Waals surface area contributed by atoms with Crippen LogP contribution in [-0.2, 0) is 14.6 Å². The molecule has 0 aliphatic carbocycles.